The van der Waals surface area contributed by atoms with Gasteiger partial charge in [-0.15, -0.1) is 0 Å². The molecule has 0 N–H and O–H groups in total. The van der Waals surface area contributed by atoms with Crippen molar-refractivity contribution in [3.8, 4) is 0 Å². The van der Waals surface area contributed by atoms with Crippen molar-refractivity contribution in [1.29, 1.82) is 0 Å². The van der Waals surface area contributed by atoms with Gasteiger partial charge in [-0.3, -0.25) is 20.2 Å². The lowest BCUT2D eigenvalue weighted by Gasteiger charge is -1.96. The summed E-state index contributed by atoms with van der Waals surface area (Å²) in [6.45, 7) is 1.49. The second-order valence-corrected chi connectivity index (χ2v) is 4.92. The summed E-state index contributed by atoms with van der Waals surface area (Å²) < 4.78 is 25.3. The van der Waals surface area contributed by atoms with E-state index in [1.807, 2.05) is 0 Å². The average molecular weight is 389 g/mol. The van der Waals surface area contributed by atoms with Crippen molar-refractivity contribution in [3.63, 3.8) is 0 Å². The molecule has 9 heteroatoms. The van der Waals surface area contributed by atoms with Gasteiger partial charge < -0.3 is 0 Å². The van der Waals surface area contributed by atoms with E-state index < -0.39 is 21.5 Å². The highest BCUT2D eigenvalue weighted by molar-refractivity contribution is 9.08. The summed E-state index contributed by atoms with van der Waals surface area (Å²) in [5.74, 6) is -0.854. The number of hydrogen-bond acceptors (Lipinski definition) is 4. The van der Waals surface area contributed by atoms with E-state index in [9.17, 15) is 29.0 Å². The molecule has 0 saturated carbocycles. The minimum Gasteiger partial charge on any atom is -0.258 e. The summed E-state index contributed by atoms with van der Waals surface area (Å²) in [6.07, 6.45) is 0. The van der Waals surface area contributed by atoms with E-state index in [0.717, 1.165) is 24.3 Å². The van der Waals surface area contributed by atoms with Crippen LogP contribution in [0.4, 0.5) is 20.2 Å². The van der Waals surface area contributed by atoms with Gasteiger partial charge in [0.25, 0.3) is 11.4 Å². The molecule has 2 rings (SSSR count). The fourth-order valence-electron chi connectivity index (χ4n) is 1.52. The van der Waals surface area contributed by atoms with Gasteiger partial charge in [0.2, 0.25) is 0 Å². The standard InChI is InChI=1S/C7H5BrFNO2.C7H6FNO2/c8-4-5-3-6(10(11)12)1-2-7(5)9;1-5-4-6(9(10)11)2-3-7(5)8/h1-3H,4H2;2-4H,1H3. The van der Waals surface area contributed by atoms with Gasteiger partial charge in [0.15, 0.2) is 0 Å². The number of rotatable bonds is 3. The minimum absolute atomic E-state index is 0.0797. The fraction of sp³-hybridized carbons (Fsp3) is 0.143. The molecule has 0 amide bonds. The first-order chi connectivity index (χ1) is 10.8. The molecule has 0 aromatic heterocycles. The zero-order chi connectivity index (χ0) is 17.6. The third-order valence-electron chi connectivity index (χ3n) is 2.74. The number of nitro groups is 2. The monoisotopic (exact) mass is 388 g/mol. The van der Waals surface area contributed by atoms with E-state index in [0.29, 0.717) is 11.1 Å². The quantitative estimate of drug-likeness (QED) is 0.434. The summed E-state index contributed by atoms with van der Waals surface area (Å²) >= 11 is 3.03. The molecule has 2 aromatic carbocycles. The van der Waals surface area contributed by atoms with Crippen LogP contribution < -0.4 is 0 Å². The molecule has 0 unspecified atom stereocenters. The maximum atomic E-state index is 12.8. The number of alkyl halides is 1. The Hall–Kier alpha value is -2.42. The van der Waals surface area contributed by atoms with Crippen LogP contribution in [-0.2, 0) is 5.33 Å². The Morgan fingerprint density at radius 2 is 1.43 bits per heavy atom. The van der Waals surface area contributed by atoms with Crippen molar-refractivity contribution in [1.82, 2.24) is 0 Å². The maximum Gasteiger partial charge on any atom is 0.269 e. The first-order valence-corrected chi connectivity index (χ1v) is 7.27. The Labute approximate surface area is 138 Å². The average Bonchev–Trinajstić information content (AvgIpc) is 2.50. The first kappa shape index (κ1) is 18.6. The van der Waals surface area contributed by atoms with E-state index in [2.05, 4.69) is 15.9 Å². The molecule has 0 aliphatic rings. The topological polar surface area (TPSA) is 86.3 Å². The van der Waals surface area contributed by atoms with Crippen molar-refractivity contribution in [2.24, 2.45) is 0 Å². The number of benzene rings is 2. The van der Waals surface area contributed by atoms with E-state index in [-0.39, 0.29) is 16.7 Å². The van der Waals surface area contributed by atoms with Crippen LogP contribution in [-0.4, -0.2) is 9.85 Å². The molecule has 23 heavy (non-hydrogen) atoms. The molecule has 0 bridgehead atoms. The van der Waals surface area contributed by atoms with Crippen LogP contribution in [0.3, 0.4) is 0 Å². The second kappa shape index (κ2) is 8.28. The van der Waals surface area contributed by atoms with E-state index in [1.54, 1.807) is 0 Å². The van der Waals surface area contributed by atoms with Gasteiger partial charge >= 0.3 is 0 Å². The number of halogens is 3. The number of nitrogens with zero attached hydrogens (tertiary/aromatic N) is 2. The zero-order valence-electron chi connectivity index (χ0n) is 11.8. The SMILES string of the molecule is Cc1cc([N+](=O)[O-])ccc1F.O=[N+]([O-])c1ccc(F)c(CBr)c1. The van der Waals surface area contributed by atoms with Crippen LogP contribution in [0.25, 0.3) is 0 Å². The molecular weight excluding hydrogens is 378 g/mol. The first-order valence-electron chi connectivity index (χ1n) is 6.15. The molecule has 0 spiro atoms. The van der Waals surface area contributed by atoms with Crippen LogP contribution >= 0.6 is 15.9 Å². The molecule has 0 aliphatic carbocycles. The minimum atomic E-state index is -0.550. The summed E-state index contributed by atoms with van der Waals surface area (Å²) in [5, 5.41) is 20.7. The molecule has 0 aliphatic heterocycles. The molecule has 0 saturated heterocycles. The Morgan fingerprint density at radius 1 is 0.957 bits per heavy atom. The lowest BCUT2D eigenvalue weighted by Crippen LogP contribution is -1.91. The summed E-state index contributed by atoms with van der Waals surface area (Å²) in [5.41, 5.74) is 0.415. The summed E-state index contributed by atoms with van der Waals surface area (Å²) in [4.78, 5) is 19.3. The Balaban J connectivity index is 0.000000231. The molecule has 0 radical (unpaired) electrons. The van der Waals surface area contributed by atoms with Crippen LogP contribution in [0, 0.1) is 38.8 Å². The van der Waals surface area contributed by atoms with Crippen molar-refractivity contribution in [3.05, 3.63) is 79.4 Å². The van der Waals surface area contributed by atoms with E-state index in [4.69, 9.17) is 0 Å². The zero-order valence-corrected chi connectivity index (χ0v) is 13.4. The molecule has 0 fully saturated rings. The van der Waals surface area contributed by atoms with Crippen molar-refractivity contribution >= 4 is 27.3 Å². The maximum absolute atomic E-state index is 12.8. The number of nitro benzene ring substituents is 2. The Kier molecular flexibility index (Phi) is 6.70. The van der Waals surface area contributed by atoms with Crippen LogP contribution in [0.5, 0.6) is 0 Å². The van der Waals surface area contributed by atoms with E-state index in [1.165, 1.54) is 19.1 Å². The van der Waals surface area contributed by atoms with Gasteiger partial charge in [-0.05, 0) is 24.6 Å². The van der Waals surface area contributed by atoms with Gasteiger partial charge in [-0.2, -0.15) is 0 Å². The van der Waals surface area contributed by atoms with Crippen molar-refractivity contribution < 1.29 is 18.6 Å². The highest BCUT2D eigenvalue weighted by atomic mass is 79.9. The van der Waals surface area contributed by atoms with Crippen LogP contribution in [0.15, 0.2) is 36.4 Å². The Bertz CT molecular complexity index is 741. The molecule has 6 nitrogen and oxygen atoms in total. The third-order valence-corrected chi connectivity index (χ3v) is 3.34. The number of non-ortho nitro benzene ring substituents is 2. The largest absolute Gasteiger partial charge is 0.269 e. The Morgan fingerprint density at radius 3 is 1.87 bits per heavy atom. The van der Waals surface area contributed by atoms with Crippen molar-refractivity contribution in [2.75, 3.05) is 0 Å². The molecular formula is C14H11BrF2N2O4. The van der Waals surface area contributed by atoms with Crippen molar-refractivity contribution in [2.45, 2.75) is 12.3 Å². The lowest BCUT2D eigenvalue weighted by atomic mass is 10.2. The van der Waals surface area contributed by atoms with E-state index >= 15 is 0 Å². The second-order valence-electron chi connectivity index (χ2n) is 4.36. The molecule has 0 heterocycles. The molecule has 2 aromatic rings. The molecule has 0 atom stereocenters. The van der Waals surface area contributed by atoms with Crippen LogP contribution in [0.2, 0.25) is 0 Å². The van der Waals surface area contributed by atoms with Gasteiger partial charge in [-0.25, -0.2) is 8.78 Å². The summed E-state index contributed by atoms with van der Waals surface area (Å²) in [6, 6.07) is 6.88. The van der Waals surface area contributed by atoms with Gasteiger partial charge in [0, 0.05) is 35.2 Å². The molecule has 122 valence electrons. The lowest BCUT2D eigenvalue weighted by molar-refractivity contribution is -0.385. The van der Waals surface area contributed by atoms with Gasteiger partial charge in [0.05, 0.1) is 9.85 Å². The van der Waals surface area contributed by atoms with Gasteiger partial charge in [0.1, 0.15) is 11.6 Å². The fourth-order valence-corrected chi connectivity index (χ4v) is 1.95. The third kappa shape index (κ3) is 5.37. The van der Waals surface area contributed by atoms with Gasteiger partial charge in [-0.1, -0.05) is 15.9 Å². The highest BCUT2D eigenvalue weighted by Crippen LogP contribution is 2.18. The predicted octanol–water partition coefficient (Wildman–Crippen LogP) is 4.67. The van der Waals surface area contributed by atoms with Crippen LogP contribution in [0.1, 0.15) is 11.1 Å². The number of aryl methyl sites for hydroxylation is 1. The number of hydrogen-bond donors (Lipinski definition) is 0. The normalized spacial score (nSPS) is 9.74. The summed E-state index contributed by atoms with van der Waals surface area (Å²) in [7, 11) is 0. The smallest absolute Gasteiger partial charge is 0.258 e. The highest BCUT2D eigenvalue weighted by Gasteiger charge is 2.09. The predicted molar refractivity (Wildman–Crippen MR) is 83.5 cm³/mol.